The minimum absolute atomic E-state index is 0. The van der Waals surface area contributed by atoms with E-state index in [1.807, 2.05) is 0 Å². The van der Waals surface area contributed by atoms with E-state index >= 15 is 0 Å². The van der Waals surface area contributed by atoms with Crippen LogP contribution in [0, 0.1) is 5.92 Å². The van der Waals surface area contributed by atoms with Gasteiger partial charge in [0, 0.05) is 38.7 Å². The number of nitrogens with one attached hydrogen (secondary N) is 1. The van der Waals surface area contributed by atoms with Crippen molar-refractivity contribution in [3.8, 4) is 0 Å². The van der Waals surface area contributed by atoms with Crippen molar-refractivity contribution in [1.29, 1.82) is 0 Å². The zero-order chi connectivity index (χ0) is 16.2. The molecule has 1 rings (SSSR count). The normalized spacial score (nSPS) is 18.4. The van der Waals surface area contributed by atoms with E-state index in [4.69, 9.17) is 9.73 Å². The van der Waals surface area contributed by atoms with Crippen molar-refractivity contribution in [1.82, 2.24) is 15.1 Å². The maximum atomic E-state index is 5.57. The Morgan fingerprint density at radius 3 is 2.65 bits per heavy atom. The van der Waals surface area contributed by atoms with Gasteiger partial charge in [-0.05, 0) is 39.8 Å². The fraction of sp³-hybridized carbons (Fsp3) is 0.941. The summed E-state index contributed by atoms with van der Waals surface area (Å²) >= 11 is 0. The number of hydrogen-bond donors (Lipinski definition) is 1. The van der Waals surface area contributed by atoms with E-state index in [1.54, 1.807) is 0 Å². The molecule has 23 heavy (non-hydrogen) atoms. The van der Waals surface area contributed by atoms with Crippen molar-refractivity contribution in [3.63, 3.8) is 0 Å². The Kier molecular flexibility index (Phi) is 14.2. The van der Waals surface area contributed by atoms with Crippen LogP contribution in [-0.4, -0.2) is 74.8 Å². The van der Waals surface area contributed by atoms with Gasteiger partial charge in [-0.3, -0.25) is 4.99 Å². The molecular weight excluding hydrogens is 403 g/mol. The zero-order valence-corrected chi connectivity index (χ0v) is 17.8. The van der Waals surface area contributed by atoms with Crippen LogP contribution in [-0.2, 0) is 4.74 Å². The molecule has 0 amide bonds. The van der Waals surface area contributed by atoms with Gasteiger partial charge in [0.1, 0.15) is 0 Å². The molecule has 0 aliphatic carbocycles. The smallest absolute Gasteiger partial charge is 0.193 e. The highest BCUT2D eigenvalue weighted by Crippen LogP contribution is 2.16. The van der Waals surface area contributed by atoms with Crippen molar-refractivity contribution >= 4 is 29.9 Å². The van der Waals surface area contributed by atoms with Crippen LogP contribution in [0.2, 0.25) is 0 Å². The number of guanidine groups is 1. The largest absolute Gasteiger partial charge is 0.381 e. The third-order valence-electron chi connectivity index (χ3n) is 4.14. The molecule has 0 saturated carbocycles. The Bertz CT molecular complexity index is 315. The maximum absolute atomic E-state index is 5.57. The number of nitrogens with zero attached hydrogens (tertiary/aromatic N) is 3. The van der Waals surface area contributed by atoms with Crippen LogP contribution in [0.5, 0.6) is 0 Å². The predicted molar refractivity (Wildman–Crippen MR) is 110 cm³/mol. The fourth-order valence-corrected chi connectivity index (χ4v) is 2.91. The highest BCUT2D eigenvalue weighted by atomic mass is 127. The van der Waals surface area contributed by atoms with Gasteiger partial charge in [0.05, 0.1) is 13.2 Å². The number of likely N-dealkylation sites (N-methyl/N-ethyl adjacent to an activating group) is 1. The van der Waals surface area contributed by atoms with E-state index < -0.39 is 0 Å². The van der Waals surface area contributed by atoms with Gasteiger partial charge in [0.2, 0.25) is 0 Å². The lowest BCUT2D eigenvalue weighted by Crippen LogP contribution is -2.41. The fourth-order valence-electron chi connectivity index (χ4n) is 2.91. The van der Waals surface area contributed by atoms with E-state index in [-0.39, 0.29) is 24.0 Å². The number of halogens is 1. The number of aliphatic imine (C=N–C) groups is 1. The van der Waals surface area contributed by atoms with Crippen molar-refractivity contribution < 1.29 is 4.74 Å². The molecule has 0 spiro atoms. The molecule has 1 saturated heterocycles. The molecular formula is C17H37IN4O. The first-order chi connectivity index (χ1) is 10.7. The standard InChI is InChI=1S/C17H36N4O.HI/c1-5-11-20(7-3)13-10-19-17(18-6-2)21-12-9-16(14-21)15-22-8-4;/h16H,5-15H2,1-4H3,(H,18,19);1H. The Morgan fingerprint density at radius 1 is 1.26 bits per heavy atom. The second-order valence-electron chi connectivity index (χ2n) is 5.93. The Labute approximate surface area is 160 Å². The van der Waals surface area contributed by atoms with Gasteiger partial charge in [-0.15, -0.1) is 24.0 Å². The van der Waals surface area contributed by atoms with Crippen molar-refractivity contribution in [2.45, 2.75) is 40.5 Å². The van der Waals surface area contributed by atoms with Crippen LogP contribution in [0.25, 0.3) is 0 Å². The van der Waals surface area contributed by atoms with E-state index in [1.165, 1.54) is 19.4 Å². The average Bonchev–Trinajstić information content (AvgIpc) is 2.99. The molecule has 1 unspecified atom stereocenters. The molecule has 6 heteroatoms. The molecule has 0 aromatic rings. The number of hydrogen-bond acceptors (Lipinski definition) is 3. The zero-order valence-electron chi connectivity index (χ0n) is 15.5. The summed E-state index contributed by atoms with van der Waals surface area (Å²) in [5.74, 6) is 1.73. The van der Waals surface area contributed by atoms with Gasteiger partial charge in [0.15, 0.2) is 5.96 Å². The van der Waals surface area contributed by atoms with Gasteiger partial charge in [-0.2, -0.15) is 0 Å². The van der Waals surface area contributed by atoms with E-state index in [9.17, 15) is 0 Å². The second kappa shape index (κ2) is 14.3. The average molecular weight is 440 g/mol. The summed E-state index contributed by atoms with van der Waals surface area (Å²) in [4.78, 5) is 9.69. The lowest BCUT2D eigenvalue weighted by Gasteiger charge is -2.23. The number of rotatable bonds is 10. The highest BCUT2D eigenvalue weighted by Gasteiger charge is 2.24. The summed E-state index contributed by atoms with van der Waals surface area (Å²) < 4.78 is 5.57. The maximum Gasteiger partial charge on any atom is 0.193 e. The molecule has 1 atom stereocenters. The van der Waals surface area contributed by atoms with Gasteiger partial charge >= 0.3 is 0 Å². The van der Waals surface area contributed by atoms with Crippen molar-refractivity contribution in [2.75, 3.05) is 59.0 Å². The predicted octanol–water partition coefficient (Wildman–Crippen LogP) is 2.66. The summed E-state index contributed by atoms with van der Waals surface area (Å²) in [5.41, 5.74) is 0. The van der Waals surface area contributed by atoms with E-state index in [0.29, 0.717) is 5.92 Å². The molecule has 0 radical (unpaired) electrons. The van der Waals surface area contributed by atoms with Crippen LogP contribution < -0.4 is 5.32 Å². The Hall–Kier alpha value is -0.0800. The topological polar surface area (TPSA) is 40.1 Å². The van der Waals surface area contributed by atoms with Crippen molar-refractivity contribution in [3.05, 3.63) is 0 Å². The van der Waals surface area contributed by atoms with E-state index in [2.05, 4.69) is 42.8 Å². The Morgan fingerprint density at radius 2 is 2.04 bits per heavy atom. The second-order valence-corrected chi connectivity index (χ2v) is 5.93. The summed E-state index contributed by atoms with van der Waals surface area (Å²) in [7, 11) is 0. The molecule has 1 N–H and O–H groups in total. The number of likely N-dealkylation sites (tertiary alicyclic amines) is 1. The van der Waals surface area contributed by atoms with Crippen LogP contribution >= 0.6 is 24.0 Å². The summed E-state index contributed by atoms with van der Waals surface area (Å²) in [6.07, 6.45) is 2.42. The molecule has 138 valence electrons. The Balaban J connectivity index is 0.00000484. The highest BCUT2D eigenvalue weighted by molar-refractivity contribution is 14.0. The van der Waals surface area contributed by atoms with Gasteiger partial charge in [-0.1, -0.05) is 13.8 Å². The van der Waals surface area contributed by atoms with Crippen LogP contribution in [0.4, 0.5) is 0 Å². The molecule has 0 aromatic carbocycles. The first kappa shape index (κ1) is 22.9. The SMILES string of the molecule is CCCN(CC)CCN=C(NCC)N1CCC(COCC)C1.I. The minimum Gasteiger partial charge on any atom is -0.381 e. The summed E-state index contributed by atoms with van der Waals surface area (Å²) in [6, 6.07) is 0. The third-order valence-corrected chi connectivity index (χ3v) is 4.14. The monoisotopic (exact) mass is 440 g/mol. The molecule has 1 aliphatic heterocycles. The van der Waals surface area contributed by atoms with E-state index in [0.717, 1.165) is 58.4 Å². The molecule has 5 nitrogen and oxygen atoms in total. The van der Waals surface area contributed by atoms with Crippen LogP contribution in [0.15, 0.2) is 4.99 Å². The van der Waals surface area contributed by atoms with Crippen LogP contribution in [0.3, 0.4) is 0 Å². The van der Waals surface area contributed by atoms with Gasteiger partial charge in [-0.25, -0.2) is 0 Å². The quantitative estimate of drug-likeness (QED) is 0.322. The first-order valence-corrected chi connectivity index (χ1v) is 9.08. The molecule has 1 aliphatic rings. The van der Waals surface area contributed by atoms with Gasteiger partial charge in [0.25, 0.3) is 0 Å². The van der Waals surface area contributed by atoms with Crippen molar-refractivity contribution in [2.24, 2.45) is 10.9 Å². The lowest BCUT2D eigenvalue weighted by molar-refractivity contribution is 0.114. The molecule has 0 bridgehead atoms. The lowest BCUT2D eigenvalue weighted by atomic mass is 10.1. The summed E-state index contributed by atoms with van der Waals surface area (Å²) in [5, 5.41) is 3.44. The third kappa shape index (κ3) is 9.10. The molecule has 1 fully saturated rings. The first-order valence-electron chi connectivity index (χ1n) is 9.08. The molecule has 1 heterocycles. The number of ether oxygens (including phenoxy) is 1. The van der Waals surface area contributed by atoms with Crippen LogP contribution in [0.1, 0.15) is 40.5 Å². The summed E-state index contributed by atoms with van der Waals surface area (Å²) in [6.45, 7) is 17.7. The van der Waals surface area contributed by atoms with Gasteiger partial charge < -0.3 is 19.9 Å². The molecule has 0 aromatic heterocycles. The minimum atomic E-state index is 0.